The molecule has 1 unspecified atom stereocenters. The van der Waals surface area contributed by atoms with Gasteiger partial charge in [-0.2, -0.15) is 0 Å². The Labute approximate surface area is 98.8 Å². The van der Waals surface area contributed by atoms with Crippen molar-refractivity contribution in [1.82, 2.24) is 0 Å². The highest BCUT2D eigenvalue weighted by molar-refractivity contribution is 5.37. The molecule has 0 aliphatic heterocycles. The van der Waals surface area contributed by atoms with E-state index in [4.69, 9.17) is 10.5 Å². The Morgan fingerprint density at radius 3 is 2.25 bits per heavy atom. The highest BCUT2D eigenvalue weighted by Gasteiger charge is 2.07. The summed E-state index contributed by atoms with van der Waals surface area (Å²) < 4.78 is 5.05. The van der Waals surface area contributed by atoms with Crippen molar-refractivity contribution in [3.63, 3.8) is 0 Å². The van der Waals surface area contributed by atoms with Crippen LogP contribution in [0.25, 0.3) is 0 Å². The molecule has 0 saturated heterocycles. The van der Waals surface area contributed by atoms with Crippen molar-refractivity contribution in [2.75, 3.05) is 13.7 Å². The number of ether oxygens (including phenoxy) is 1. The molecule has 0 radical (unpaired) electrons. The first-order valence-corrected chi connectivity index (χ1v) is 5.86. The molecule has 0 aromatic heterocycles. The topological polar surface area (TPSA) is 35.2 Å². The van der Waals surface area contributed by atoms with Crippen molar-refractivity contribution in [2.45, 2.75) is 39.7 Å². The Kier molecular flexibility index (Phi) is 4.97. The number of rotatable bonds is 5. The molecule has 0 fully saturated rings. The lowest BCUT2D eigenvalue weighted by molar-refractivity contribution is 0.177. The summed E-state index contributed by atoms with van der Waals surface area (Å²) in [5.74, 6) is 0. The maximum absolute atomic E-state index is 5.94. The summed E-state index contributed by atoms with van der Waals surface area (Å²) in [4.78, 5) is 0. The standard InChI is InChI=1S/C14H23NO/c1-10-7-11(2)14(12(3)8-10)6-5-13(15)9-16-4/h7-8,13H,5-6,9,15H2,1-4H3. The monoisotopic (exact) mass is 221 g/mol. The zero-order chi connectivity index (χ0) is 12.1. The summed E-state index contributed by atoms with van der Waals surface area (Å²) >= 11 is 0. The fourth-order valence-corrected chi connectivity index (χ4v) is 2.23. The third kappa shape index (κ3) is 3.62. The Balaban J connectivity index is 2.67. The Bertz CT molecular complexity index is 324. The third-order valence-electron chi connectivity index (χ3n) is 2.99. The van der Waals surface area contributed by atoms with E-state index in [1.54, 1.807) is 7.11 Å². The van der Waals surface area contributed by atoms with Gasteiger partial charge in [0.25, 0.3) is 0 Å². The van der Waals surface area contributed by atoms with E-state index in [-0.39, 0.29) is 6.04 Å². The van der Waals surface area contributed by atoms with E-state index in [0.29, 0.717) is 6.61 Å². The predicted molar refractivity (Wildman–Crippen MR) is 68.8 cm³/mol. The van der Waals surface area contributed by atoms with E-state index in [1.165, 1.54) is 22.3 Å². The van der Waals surface area contributed by atoms with E-state index in [9.17, 15) is 0 Å². The third-order valence-corrected chi connectivity index (χ3v) is 2.99. The summed E-state index contributed by atoms with van der Waals surface area (Å²) in [6.45, 7) is 7.14. The van der Waals surface area contributed by atoms with Crippen molar-refractivity contribution in [3.8, 4) is 0 Å². The molecule has 0 bridgehead atoms. The largest absolute Gasteiger partial charge is 0.383 e. The molecule has 1 rings (SSSR count). The lowest BCUT2D eigenvalue weighted by Gasteiger charge is -2.14. The molecule has 90 valence electrons. The Morgan fingerprint density at radius 2 is 1.75 bits per heavy atom. The maximum atomic E-state index is 5.94. The van der Waals surface area contributed by atoms with Crippen molar-refractivity contribution in [3.05, 3.63) is 34.4 Å². The molecule has 2 N–H and O–H groups in total. The van der Waals surface area contributed by atoms with Gasteiger partial charge in [-0.15, -0.1) is 0 Å². The SMILES string of the molecule is COCC(N)CCc1c(C)cc(C)cc1C. The molecule has 2 nitrogen and oxygen atoms in total. The molecule has 0 heterocycles. The van der Waals surface area contributed by atoms with E-state index in [2.05, 4.69) is 32.9 Å². The van der Waals surface area contributed by atoms with Gasteiger partial charge in [0.05, 0.1) is 6.61 Å². The molecule has 16 heavy (non-hydrogen) atoms. The van der Waals surface area contributed by atoms with Gasteiger partial charge in [-0.3, -0.25) is 0 Å². The van der Waals surface area contributed by atoms with Crippen LogP contribution in [0.15, 0.2) is 12.1 Å². The zero-order valence-corrected chi connectivity index (χ0v) is 10.8. The van der Waals surface area contributed by atoms with Gasteiger partial charge >= 0.3 is 0 Å². The summed E-state index contributed by atoms with van der Waals surface area (Å²) in [5, 5.41) is 0. The van der Waals surface area contributed by atoms with Crippen LogP contribution in [0.2, 0.25) is 0 Å². The summed E-state index contributed by atoms with van der Waals surface area (Å²) in [7, 11) is 1.70. The minimum Gasteiger partial charge on any atom is -0.383 e. The quantitative estimate of drug-likeness (QED) is 0.829. The number of nitrogens with two attached hydrogens (primary N) is 1. The van der Waals surface area contributed by atoms with Crippen molar-refractivity contribution in [1.29, 1.82) is 0 Å². The van der Waals surface area contributed by atoms with Crippen molar-refractivity contribution >= 4 is 0 Å². The number of benzene rings is 1. The van der Waals surface area contributed by atoms with E-state index >= 15 is 0 Å². The highest BCUT2D eigenvalue weighted by atomic mass is 16.5. The first-order valence-electron chi connectivity index (χ1n) is 5.86. The first-order chi connectivity index (χ1) is 7.54. The number of hydrogen-bond donors (Lipinski definition) is 1. The van der Waals surface area contributed by atoms with Gasteiger partial charge in [0.15, 0.2) is 0 Å². The van der Waals surface area contributed by atoms with Gasteiger partial charge in [-0.05, 0) is 50.3 Å². The molecule has 2 heteroatoms. The lowest BCUT2D eigenvalue weighted by atomic mass is 9.95. The zero-order valence-electron chi connectivity index (χ0n) is 10.8. The average molecular weight is 221 g/mol. The van der Waals surface area contributed by atoms with Crippen molar-refractivity contribution in [2.24, 2.45) is 5.73 Å². The van der Waals surface area contributed by atoms with Crippen LogP contribution in [0, 0.1) is 20.8 Å². The van der Waals surface area contributed by atoms with Gasteiger partial charge in [-0.25, -0.2) is 0 Å². The molecule has 1 aromatic rings. The van der Waals surface area contributed by atoms with Crippen LogP contribution in [-0.2, 0) is 11.2 Å². The minimum atomic E-state index is 0.144. The van der Waals surface area contributed by atoms with E-state index in [0.717, 1.165) is 12.8 Å². The highest BCUT2D eigenvalue weighted by Crippen LogP contribution is 2.18. The van der Waals surface area contributed by atoms with Crippen LogP contribution < -0.4 is 5.73 Å². The maximum Gasteiger partial charge on any atom is 0.0613 e. The van der Waals surface area contributed by atoms with Gasteiger partial charge in [0, 0.05) is 13.2 Å². The average Bonchev–Trinajstić information content (AvgIpc) is 2.16. The smallest absolute Gasteiger partial charge is 0.0613 e. The number of hydrogen-bond acceptors (Lipinski definition) is 2. The number of methoxy groups -OCH3 is 1. The molecule has 0 spiro atoms. The molecular weight excluding hydrogens is 198 g/mol. The number of aryl methyl sites for hydroxylation is 3. The molecule has 0 amide bonds. The fourth-order valence-electron chi connectivity index (χ4n) is 2.23. The van der Waals surface area contributed by atoms with Crippen LogP contribution >= 0.6 is 0 Å². The van der Waals surface area contributed by atoms with Crippen LogP contribution in [0.4, 0.5) is 0 Å². The van der Waals surface area contributed by atoms with E-state index < -0.39 is 0 Å². The van der Waals surface area contributed by atoms with E-state index in [1.807, 2.05) is 0 Å². The Morgan fingerprint density at radius 1 is 1.19 bits per heavy atom. The summed E-state index contributed by atoms with van der Waals surface area (Å²) in [6.07, 6.45) is 2.03. The van der Waals surface area contributed by atoms with Gasteiger partial charge in [0.2, 0.25) is 0 Å². The molecule has 1 atom stereocenters. The van der Waals surface area contributed by atoms with Crippen molar-refractivity contribution < 1.29 is 4.74 Å². The normalized spacial score (nSPS) is 12.8. The molecule has 0 aliphatic rings. The Hall–Kier alpha value is -0.860. The molecular formula is C14H23NO. The summed E-state index contributed by atoms with van der Waals surface area (Å²) in [5.41, 5.74) is 11.5. The van der Waals surface area contributed by atoms with Crippen LogP contribution in [0.5, 0.6) is 0 Å². The van der Waals surface area contributed by atoms with Gasteiger partial charge in [0.1, 0.15) is 0 Å². The fraction of sp³-hybridized carbons (Fsp3) is 0.571. The molecule has 0 aliphatic carbocycles. The summed E-state index contributed by atoms with van der Waals surface area (Å²) in [6, 6.07) is 4.62. The molecule has 1 aromatic carbocycles. The van der Waals surface area contributed by atoms with Gasteiger partial charge < -0.3 is 10.5 Å². The van der Waals surface area contributed by atoms with Crippen LogP contribution in [0.3, 0.4) is 0 Å². The second kappa shape index (κ2) is 6.02. The minimum absolute atomic E-state index is 0.144. The lowest BCUT2D eigenvalue weighted by Crippen LogP contribution is -2.26. The second-order valence-corrected chi connectivity index (χ2v) is 4.63. The first kappa shape index (κ1) is 13.2. The second-order valence-electron chi connectivity index (χ2n) is 4.63. The van der Waals surface area contributed by atoms with Crippen LogP contribution in [0.1, 0.15) is 28.7 Å². The molecule has 0 saturated carbocycles. The predicted octanol–water partition coefficient (Wildman–Crippen LogP) is 2.52. The van der Waals surface area contributed by atoms with Crippen LogP contribution in [-0.4, -0.2) is 19.8 Å². The van der Waals surface area contributed by atoms with Gasteiger partial charge in [-0.1, -0.05) is 17.7 Å².